The molecular formula is C36H55N3O5. The number of aryl methyl sites for hydroxylation is 1. The number of aliphatic hydroxyl groups excluding tert-OH is 2. The highest BCUT2D eigenvalue weighted by Crippen LogP contribution is 2.37. The summed E-state index contributed by atoms with van der Waals surface area (Å²) in [7, 11) is 0. The molecule has 0 amide bonds. The van der Waals surface area contributed by atoms with Crippen LogP contribution in [0.5, 0.6) is 11.5 Å². The molecule has 8 nitrogen and oxygen atoms in total. The van der Waals surface area contributed by atoms with Crippen molar-refractivity contribution in [2.24, 2.45) is 22.6 Å². The average Bonchev–Trinajstić information content (AvgIpc) is 3.79. The molecular weight excluding hydrogens is 554 g/mol. The van der Waals surface area contributed by atoms with Gasteiger partial charge in [0.1, 0.15) is 12.2 Å². The summed E-state index contributed by atoms with van der Waals surface area (Å²) in [5.74, 6) is 1.68. The summed E-state index contributed by atoms with van der Waals surface area (Å²) in [6, 6.07) is 6.53. The zero-order valence-electron chi connectivity index (χ0n) is 26.7. The Morgan fingerprint density at radius 3 is 2.73 bits per heavy atom. The van der Waals surface area contributed by atoms with Crippen molar-refractivity contribution in [1.29, 1.82) is 0 Å². The van der Waals surface area contributed by atoms with Crippen molar-refractivity contribution in [3.8, 4) is 11.5 Å². The van der Waals surface area contributed by atoms with Crippen LogP contribution >= 0.6 is 0 Å². The summed E-state index contributed by atoms with van der Waals surface area (Å²) in [6.07, 6.45) is 20.6. The molecule has 1 aliphatic carbocycles. The molecule has 1 aromatic rings. The maximum atomic E-state index is 10.4. The topological polar surface area (TPSA) is 130 Å². The van der Waals surface area contributed by atoms with Crippen molar-refractivity contribution in [1.82, 2.24) is 5.32 Å². The lowest BCUT2D eigenvalue weighted by Gasteiger charge is -2.24. The summed E-state index contributed by atoms with van der Waals surface area (Å²) >= 11 is 0. The first-order valence-electron chi connectivity index (χ1n) is 17.0. The molecule has 0 aromatic heterocycles. The molecule has 4 rings (SSSR count). The van der Waals surface area contributed by atoms with Crippen LogP contribution in [0.3, 0.4) is 0 Å². The van der Waals surface area contributed by atoms with E-state index >= 15 is 0 Å². The Balaban J connectivity index is 1.21. The van der Waals surface area contributed by atoms with Crippen LogP contribution in [0, 0.1) is 24.0 Å². The van der Waals surface area contributed by atoms with E-state index in [2.05, 4.69) is 16.4 Å². The Bertz CT molecular complexity index is 1080. The summed E-state index contributed by atoms with van der Waals surface area (Å²) in [5.41, 5.74) is 8.88. The maximum absolute atomic E-state index is 10.4. The minimum Gasteiger partial charge on any atom is -0.504 e. The molecule has 1 fully saturated rings. The molecule has 8 heteroatoms. The molecule has 3 atom stereocenters. The number of rotatable bonds is 21. The van der Waals surface area contributed by atoms with E-state index < -0.39 is 0 Å². The van der Waals surface area contributed by atoms with Gasteiger partial charge in [0.05, 0.1) is 24.5 Å². The van der Waals surface area contributed by atoms with Crippen LogP contribution in [0.1, 0.15) is 89.5 Å². The standard InChI is InChI=1S/C36H55N3O5/c1-26(41)22-38-24-33(28-9-6-7-10-28)29-20-31(39-23-29)16-18-43-36-19-27(13-15-34(36)42)12-14-32-21-30(25-40)35(44-32)11-5-3-2-4-8-17-37/h13,15,19-21,23,26,28,33,35,38,40-42H,2-12,14,16-18,22,24-25,37H2,1H3/t26-,33+,35?/m0/s1. The highest BCUT2D eigenvalue weighted by molar-refractivity contribution is 5.84. The third-order valence-corrected chi connectivity index (χ3v) is 9.12. The average molecular weight is 610 g/mol. The number of ether oxygens (including phenoxy) is 2. The minimum atomic E-state index is -0.352. The van der Waals surface area contributed by atoms with Gasteiger partial charge in [0.25, 0.3) is 0 Å². The summed E-state index contributed by atoms with van der Waals surface area (Å²) in [4.78, 5) is 4.69. The molecule has 0 saturated heterocycles. The van der Waals surface area contributed by atoms with E-state index in [1.807, 2.05) is 31.3 Å². The number of hydrogen-bond donors (Lipinski definition) is 5. The third kappa shape index (κ3) is 10.8. The summed E-state index contributed by atoms with van der Waals surface area (Å²) < 4.78 is 12.2. The van der Waals surface area contributed by atoms with Gasteiger partial charge in [0, 0.05) is 25.8 Å². The van der Waals surface area contributed by atoms with Gasteiger partial charge in [-0.3, -0.25) is 0 Å². The van der Waals surface area contributed by atoms with Crippen LogP contribution < -0.4 is 15.8 Å². The Labute approximate surface area is 264 Å². The predicted octanol–water partition coefficient (Wildman–Crippen LogP) is 5.56. The minimum absolute atomic E-state index is 0.0255. The lowest BCUT2D eigenvalue weighted by atomic mass is 9.84. The lowest BCUT2D eigenvalue weighted by molar-refractivity contribution is 0.102. The van der Waals surface area contributed by atoms with Gasteiger partial charge in [0.15, 0.2) is 23.8 Å². The van der Waals surface area contributed by atoms with Crippen molar-refractivity contribution < 1.29 is 24.8 Å². The second kappa shape index (κ2) is 18.5. The maximum Gasteiger partial charge on any atom is 0.176 e. The Hall–Kier alpha value is -2.49. The normalized spacial score (nSPS) is 20.0. The number of nitrogens with zero attached hydrogens (tertiary/aromatic N) is 1. The molecule has 1 saturated carbocycles. The zero-order chi connectivity index (χ0) is 31.1. The van der Waals surface area contributed by atoms with Crippen molar-refractivity contribution in [2.45, 2.75) is 103 Å². The van der Waals surface area contributed by atoms with E-state index in [4.69, 9.17) is 15.2 Å². The quantitative estimate of drug-likeness (QED) is 0.0911. The Morgan fingerprint density at radius 2 is 1.95 bits per heavy atom. The molecule has 0 bridgehead atoms. The van der Waals surface area contributed by atoms with Crippen molar-refractivity contribution in [2.75, 3.05) is 32.8 Å². The van der Waals surface area contributed by atoms with Crippen LogP contribution in [0.2, 0.25) is 0 Å². The van der Waals surface area contributed by atoms with Gasteiger partial charge in [-0.15, -0.1) is 4.99 Å². The molecule has 244 valence electrons. The molecule has 6 N–H and O–H groups in total. The van der Waals surface area contributed by atoms with Gasteiger partial charge >= 0.3 is 0 Å². The van der Waals surface area contributed by atoms with Crippen molar-refractivity contribution in [3.63, 3.8) is 0 Å². The van der Waals surface area contributed by atoms with Crippen LogP contribution in [0.15, 0.2) is 46.5 Å². The monoisotopic (exact) mass is 609 g/mol. The fourth-order valence-corrected chi connectivity index (χ4v) is 6.61. The van der Waals surface area contributed by atoms with E-state index in [-0.39, 0.29) is 24.6 Å². The second-order valence-corrected chi connectivity index (χ2v) is 12.7. The van der Waals surface area contributed by atoms with Gasteiger partial charge in [-0.05, 0) is 69.2 Å². The molecule has 44 heavy (non-hydrogen) atoms. The van der Waals surface area contributed by atoms with E-state index in [9.17, 15) is 15.3 Å². The third-order valence-electron chi connectivity index (χ3n) is 9.12. The number of aliphatic hydroxyl groups is 2. The number of aliphatic imine (C=N–C) groups is 1. The summed E-state index contributed by atoms with van der Waals surface area (Å²) in [6.45, 7) is 4.48. The van der Waals surface area contributed by atoms with Gasteiger partial charge in [-0.1, -0.05) is 57.1 Å². The first kappa shape index (κ1) is 34.4. The first-order valence-corrected chi connectivity index (χ1v) is 17.0. The number of nitrogens with two attached hydrogens (primary N) is 1. The number of unbranched alkanes of at least 4 members (excludes halogenated alkanes) is 4. The van der Waals surface area contributed by atoms with Crippen molar-refractivity contribution >= 4 is 6.21 Å². The van der Waals surface area contributed by atoms with Crippen LogP contribution in [-0.2, 0) is 11.2 Å². The van der Waals surface area contributed by atoms with E-state index in [1.165, 1.54) is 44.1 Å². The number of phenolic OH excluding ortho intramolecular Hbond substituents is 1. The fraction of sp³-hybridized carbons (Fsp3) is 0.639. The van der Waals surface area contributed by atoms with Crippen LogP contribution in [0.25, 0.3) is 0 Å². The van der Waals surface area contributed by atoms with Gasteiger partial charge < -0.3 is 35.8 Å². The van der Waals surface area contributed by atoms with Crippen LogP contribution in [0.4, 0.5) is 0 Å². The van der Waals surface area contributed by atoms with E-state index in [0.717, 1.165) is 74.9 Å². The smallest absolute Gasteiger partial charge is 0.176 e. The number of phenols is 1. The van der Waals surface area contributed by atoms with E-state index in [1.54, 1.807) is 6.07 Å². The largest absolute Gasteiger partial charge is 0.504 e. The highest BCUT2D eigenvalue weighted by atomic mass is 16.5. The number of benzene rings is 1. The Morgan fingerprint density at radius 1 is 1.16 bits per heavy atom. The van der Waals surface area contributed by atoms with Gasteiger partial charge in [0.2, 0.25) is 0 Å². The zero-order valence-corrected chi connectivity index (χ0v) is 26.7. The highest BCUT2D eigenvalue weighted by Gasteiger charge is 2.35. The number of aromatic hydroxyl groups is 1. The van der Waals surface area contributed by atoms with Gasteiger partial charge in [-0.2, -0.15) is 11.6 Å². The Kier molecular flexibility index (Phi) is 14.4. The molecule has 1 unspecified atom stereocenters. The molecule has 3 aliphatic rings. The molecule has 2 aliphatic heterocycles. The number of nitrogens with one attached hydrogen (secondary N) is 1. The van der Waals surface area contributed by atoms with E-state index in [0.29, 0.717) is 37.2 Å². The van der Waals surface area contributed by atoms with Crippen LogP contribution in [-0.4, -0.2) is 66.6 Å². The fourth-order valence-electron chi connectivity index (χ4n) is 6.61. The van der Waals surface area contributed by atoms with Crippen molar-refractivity contribution in [3.05, 3.63) is 59.2 Å². The first-order chi connectivity index (χ1) is 21.5. The predicted molar refractivity (Wildman–Crippen MR) is 176 cm³/mol. The molecule has 2 heterocycles. The molecule has 0 spiro atoms. The molecule has 0 radical (unpaired) electrons. The van der Waals surface area contributed by atoms with Gasteiger partial charge in [-0.25, -0.2) is 0 Å². The summed E-state index contributed by atoms with van der Waals surface area (Å²) in [5, 5.41) is 33.4. The lowest BCUT2D eigenvalue weighted by Crippen LogP contribution is -2.33. The number of hydrogen-bond acceptors (Lipinski definition) is 8. The second-order valence-electron chi connectivity index (χ2n) is 12.7. The molecule has 1 aromatic carbocycles. The SMILES string of the molecule is C[C@H](O)CNC[C@@H](C1=C[C+](CCOc2cc(CC[C-]3C=C(CO)C(CCCCCCCN)O3)ccc2O)N=C1)C1CCCC1.